The first kappa shape index (κ1) is 13.7. The minimum Gasteiger partial charge on any atom is -0.494 e. The maximum atomic E-state index is 13.4. The zero-order valence-corrected chi connectivity index (χ0v) is 9.71. The summed E-state index contributed by atoms with van der Waals surface area (Å²) >= 11 is 0. The second-order valence-corrected chi connectivity index (χ2v) is 3.80. The first-order valence-electron chi connectivity index (χ1n) is 5.26. The Morgan fingerprint density at radius 2 is 1.85 bits per heavy atom. The summed E-state index contributed by atoms with van der Waals surface area (Å²) in [5, 5.41) is 11.1. The van der Waals surface area contributed by atoms with Gasteiger partial charge in [0, 0.05) is 12.1 Å². The van der Waals surface area contributed by atoms with E-state index in [9.17, 15) is 22.8 Å². The van der Waals surface area contributed by atoms with E-state index < -0.39 is 40.5 Å². The predicted molar refractivity (Wildman–Crippen MR) is 63.0 cm³/mol. The Kier molecular flexibility index (Phi) is 3.47. The Morgan fingerprint density at radius 3 is 2.50 bits per heavy atom. The molecular weight excluding hydrogens is 277 g/mol. The number of anilines is 1. The molecule has 0 aliphatic heterocycles. The van der Waals surface area contributed by atoms with Gasteiger partial charge in [0.15, 0.2) is 23.3 Å². The monoisotopic (exact) mass is 284 g/mol. The molecule has 0 spiro atoms. The van der Waals surface area contributed by atoms with E-state index in [2.05, 4.69) is 0 Å². The SMILES string of the molecule is O=C(Nc1ccc(F)c(F)c1F)c1cc(O)[nH]c(=O)c1. The molecule has 104 valence electrons. The number of aromatic amines is 1. The Hall–Kier alpha value is -2.77. The number of pyridine rings is 1. The summed E-state index contributed by atoms with van der Waals surface area (Å²) in [5.41, 5.74) is -1.61. The van der Waals surface area contributed by atoms with Gasteiger partial charge >= 0.3 is 0 Å². The summed E-state index contributed by atoms with van der Waals surface area (Å²) in [6, 6.07) is 3.25. The van der Waals surface area contributed by atoms with Gasteiger partial charge in [0.25, 0.3) is 11.5 Å². The van der Waals surface area contributed by atoms with Gasteiger partial charge in [-0.1, -0.05) is 0 Å². The topological polar surface area (TPSA) is 82.2 Å². The largest absolute Gasteiger partial charge is 0.494 e. The number of rotatable bonds is 2. The number of amides is 1. The van der Waals surface area contributed by atoms with Crippen molar-refractivity contribution < 1.29 is 23.1 Å². The van der Waals surface area contributed by atoms with E-state index in [0.29, 0.717) is 6.07 Å². The van der Waals surface area contributed by atoms with E-state index in [4.69, 9.17) is 5.11 Å². The van der Waals surface area contributed by atoms with Gasteiger partial charge in [0.05, 0.1) is 11.3 Å². The predicted octanol–water partition coefficient (Wildman–Crippen LogP) is 1.75. The average molecular weight is 284 g/mol. The molecule has 0 fully saturated rings. The standard InChI is InChI=1S/C12H7F3N2O3/c13-6-1-2-7(11(15)10(6)14)16-12(20)5-3-8(18)17-9(19)4-5/h1-4H,(H,16,20)(H2,17,18,19). The van der Waals surface area contributed by atoms with Gasteiger partial charge < -0.3 is 10.4 Å². The lowest BCUT2D eigenvalue weighted by Crippen LogP contribution is -2.17. The molecule has 1 aromatic heterocycles. The van der Waals surface area contributed by atoms with Gasteiger partial charge in [-0.25, -0.2) is 13.2 Å². The summed E-state index contributed by atoms with van der Waals surface area (Å²) in [4.78, 5) is 24.8. The van der Waals surface area contributed by atoms with Crippen molar-refractivity contribution in [2.24, 2.45) is 0 Å². The minimum absolute atomic E-state index is 0.268. The second kappa shape index (κ2) is 5.08. The average Bonchev–Trinajstić information content (AvgIpc) is 2.38. The van der Waals surface area contributed by atoms with E-state index in [-0.39, 0.29) is 5.56 Å². The number of H-pyrrole nitrogens is 1. The molecule has 0 radical (unpaired) electrons. The molecule has 1 aromatic carbocycles. The van der Waals surface area contributed by atoms with Crippen molar-refractivity contribution in [1.29, 1.82) is 0 Å². The molecule has 0 aliphatic carbocycles. The number of carbonyl (C=O) groups is 1. The Labute approximate surface area is 109 Å². The zero-order chi connectivity index (χ0) is 14.9. The molecule has 3 N–H and O–H groups in total. The van der Waals surface area contributed by atoms with Crippen LogP contribution in [0.3, 0.4) is 0 Å². The molecule has 0 atom stereocenters. The number of carbonyl (C=O) groups excluding carboxylic acids is 1. The number of aromatic hydroxyl groups is 1. The van der Waals surface area contributed by atoms with Crippen LogP contribution in [0.5, 0.6) is 5.88 Å². The maximum Gasteiger partial charge on any atom is 0.256 e. The minimum atomic E-state index is -1.73. The highest BCUT2D eigenvalue weighted by molar-refractivity contribution is 6.04. The van der Waals surface area contributed by atoms with Crippen molar-refractivity contribution in [3.8, 4) is 5.88 Å². The third-order valence-electron chi connectivity index (χ3n) is 2.38. The van der Waals surface area contributed by atoms with Gasteiger partial charge in [0.2, 0.25) is 0 Å². The third-order valence-corrected chi connectivity index (χ3v) is 2.38. The summed E-state index contributed by atoms with van der Waals surface area (Å²) in [6.45, 7) is 0. The van der Waals surface area contributed by atoms with Crippen LogP contribution in [-0.2, 0) is 0 Å². The quantitative estimate of drug-likeness (QED) is 0.735. The molecule has 0 bridgehead atoms. The lowest BCUT2D eigenvalue weighted by Gasteiger charge is -2.07. The van der Waals surface area contributed by atoms with Crippen molar-refractivity contribution in [2.75, 3.05) is 5.32 Å². The second-order valence-electron chi connectivity index (χ2n) is 3.80. The molecule has 2 rings (SSSR count). The normalized spacial score (nSPS) is 10.3. The molecule has 2 aromatic rings. The van der Waals surface area contributed by atoms with Crippen LogP contribution in [0, 0.1) is 17.5 Å². The van der Waals surface area contributed by atoms with Crippen molar-refractivity contribution in [1.82, 2.24) is 4.98 Å². The fourth-order valence-electron chi connectivity index (χ4n) is 1.48. The van der Waals surface area contributed by atoms with Gasteiger partial charge in [-0.15, -0.1) is 0 Å². The molecular formula is C12H7F3N2O3. The van der Waals surface area contributed by atoms with E-state index in [1.54, 1.807) is 0 Å². The number of hydrogen-bond donors (Lipinski definition) is 3. The van der Waals surface area contributed by atoms with Gasteiger partial charge in [-0.3, -0.25) is 14.6 Å². The van der Waals surface area contributed by atoms with Gasteiger partial charge in [0.1, 0.15) is 0 Å². The highest BCUT2D eigenvalue weighted by Gasteiger charge is 2.16. The zero-order valence-electron chi connectivity index (χ0n) is 9.71. The molecule has 8 heteroatoms. The van der Waals surface area contributed by atoms with E-state index in [1.807, 2.05) is 10.3 Å². The molecule has 1 amide bonds. The summed E-state index contributed by atoms with van der Waals surface area (Å²) in [5.74, 6) is -6.21. The Balaban J connectivity index is 2.33. The van der Waals surface area contributed by atoms with Crippen LogP contribution in [-0.4, -0.2) is 16.0 Å². The lowest BCUT2D eigenvalue weighted by atomic mass is 10.2. The van der Waals surface area contributed by atoms with Gasteiger partial charge in [-0.2, -0.15) is 0 Å². The number of halogens is 3. The van der Waals surface area contributed by atoms with Gasteiger partial charge in [-0.05, 0) is 12.1 Å². The van der Waals surface area contributed by atoms with Crippen LogP contribution in [0.2, 0.25) is 0 Å². The van der Waals surface area contributed by atoms with E-state index in [0.717, 1.165) is 18.2 Å². The number of aromatic nitrogens is 1. The van der Waals surface area contributed by atoms with Crippen LogP contribution in [0.1, 0.15) is 10.4 Å². The van der Waals surface area contributed by atoms with Crippen molar-refractivity contribution in [3.63, 3.8) is 0 Å². The molecule has 0 aliphatic rings. The third kappa shape index (κ3) is 2.63. The smallest absolute Gasteiger partial charge is 0.256 e. The molecule has 5 nitrogen and oxygen atoms in total. The highest BCUT2D eigenvalue weighted by atomic mass is 19.2. The Morgan fingerprint density at radius 1 is 1.15 bits per heavy atom. The molecule has 20 heavy (non-hydrogen) atoms. The lowest BCUT2D eigenvalue weighted by molar-refractivity contribution is 0.102. The van der Waals surface area contributed by atoms with Crippen molar-refractivity contribution in [3.05, 3.63) is 57.6 Å². The molecule has 0 saturated heterocycles. The first-order valence-corrected chi connectivity index (χ1v) is 5.26. The van der Waals surface area contributed by atoms with Crippen LogP contribution in [0.15, 0.2) is 29.1 Å². The van der Waals surface area contributed by atoms with E-state index >= 15 is 0 Å². The molecule has 0 unspecified atom stereocenters. The maximum absolute atomic E-state index is 13.4. The molecule has 1 heterocycles. The summed E-state index contributed by atoms with van der Waals surface area (Å²) in [7, 11) is 0. The van der Waals surface area contributed by atoms with Crippen molar-refractivity contribution in [2.45, 2.75) is 0 Å². The molecule has 0 saturated carbocycles. The summed E-state index contributed by atoms with van der Waals surface area (Å²) in [6.07, 6.45) is 0. The number of nitrogens with one attached hydrogen (secondary N) is 2. The van der Waals surface area contributed by atoms with Crippen LogP contribution in [0.25, 0.3) is 0 Å². The fourth-order valence-corrected chi connectivity index (χ4v) is 1.48. The van der Waals surface area contributed by atoms with Crippen LogP contribution in [0.4, 0.5) is 18.9 Å². The Bertz CT molecular complexity index is 743. The highest BCUT2D eigenvalue weighted by Crippen LogP contribution is 2.20. The van der Waals surface area contributed by atoms with E-state index in [1.165, 1.54) is 0 Å². The number of benzene rings is 1. The number of hydrogen-bond acceptors (Lipinski definition) is 3. The summed E-state index contributed by atoms with van der Waals surface area (Å²) < 4.78 is 39.0. The first-order chi connectivity index (χ1) is 9.38. The fraction of sp³-hybridized carbons (Fsp3) is 0. The van der Waals surface area contributed by atoms with Crippen LogP contribution < -0.4 is 10.9 Å². The van der Waals surface area contributed by atoms with Crippen molar-refractivity contribution >= 4 is 11.6 Å². The van der Waals surface area contributed by atoms with Crippen LogP contribution >= 0.6 is 0 Å².